The first kappa shape index (κ1) is 19.4. The molecule has 0 spiro atoms. The third-order valence-electron chi connectivity index (χ3n) is 3.41. The van der Waals surface area contributed by atoms with Crippen molar-refractivity contribution in [2.75, 3.05) is 11.1 Å². The van der Waals surface area contributed by atoms with Gasteiger partial charge in [0.05, 0.1) is 25.5 Å². The first-order valence-corrected chi connectivity index (χ1v) is 10.2. The fourth-order valence-corrected chi connectivity index (χ4v) is 3.92. The summed E-state index contributed by atoms with van der Waals surface area (Å²) in [6.07, 6.45) is -0.116. The molecule has 0 saturated carbocycles. The quantitative estimate of drug-likeness (QED) is 0.546. The molecule has 0 saturated heterocycles. The van der Waals surface area contributed by atoms with Gasteiger partial charge in [-0.2, -0.15) is 0 Å². The highest BCUT2D eigenvalue weighted by Crippen LogP contribution is 2.27. The molecule has 2 aromatic rings. The van der Waals surface area contributed by atoms with E-state index < -0.39 is 15.7 Å². The Morgan fingerprint density at radius 2 is 1.92 bits per heavy atom. The zero-order valence-electron chi connectivity index (χ0n) is 13.3. The second-order valence-electron chi connectivity index (χ2n) is 5.16. The number of ketones is 1. The lowest BCUT2D eigenvalue weighted by Gasteiger charge is -2.09. The fourth-order valence-electron chi connectivity index (χ4n) is 2.00. The first-order valence-electron chi connectivity index (χ1n) is 7.37. The van der Waals surface area contributed by atoms with Crippen LogP contribution in [0.3, 0.4) is 0 Å². The number of halogens is 1. The lowest BCUT2D eigenvalue weighted by atomic mass is 10.2. The highest BCUT2D eigenvalue weighted by molar-refractivity contribution is 7.91. The lowest BCUT2D eigenvalue weighted by molar-refractivity contribution is -0.116. The minimum absolute atomic E-state index is 0.00686. The molecule has 0 bridgehead atoms. The summed E-state index contributed by atoms with van der Waals surface area (Å²) in [6.45, 7) is 1.50. The number of thiophene rings is 1. The maximum absolute atomic E-state index is 12.0. The van der Waals surface area contributed by atoms with Gasteiger partial charge in [0.1, 0.15) is 5.75 Å². The van der Waals surface area contributed by atoms with E-state index in [2.05, 4.69) is 5.32 Å². The number of carbonyl (C=O) groups is 2. The maximum atomic E-state index is 12.0. The van der Waals surface area contributed by atoms with Crippen LogP contribution in [0.5, 0.6) is 5.75 Å². The van der Waals surface area contributed by atoms with E-state index in [9.17, 15) is 23.1 Å². The SMILES string of the molecule is CCS(=O)(=O)c1ccc(O)c(NC(=O)CCC(=O)c2ccc(Cl)s2)c1. The molecule has 0 aliphatic carbocycles. The Labute approximate surface area is 154 Å². The second kappa shape index (κ2) is 7.99. The Kier molecular flexibility index (Phi) is 6.21. The summed E-state index contributed by atoms with van der Waals surface area (Å²) >= 11 is 6.90. The molecule has 0 atom stereocenters. The molecule has 1 aromatic heterocycles. The number of carbonyl (C=O) groups excluding carboxylic acids is 2. The van der Waals surface area contributed by atoms with Gasteiger partial charge in [0.2, 0.25) is 5.91 Å². The van der Waals surface area contributed by atoms with Gasteiger partial charge in [0.25, 0.3) is 0 Å². The highest BCUT2D eigenvalue weighted by Gasteiger charge is 2.16. The van der Waals surface area contributed by atoms with Crippen molar-refractivity contribution in [2.24, 2.45) is 0 Å². The van der Waals surface area contributed by atoms with Gasteiger partial charge in [0.15, 0.2) is 15.6 Å². The monoisotopic (exact) mass is 401 g/mol. The van der Waals surface area contributed by atoms with Gasteiger partial charge in [-0.1, -0.05) is 18.5 Å². The molecule has 1 amide bonds. The molecule has 0 radical (unpaired) electrons. The molecule has 0 fully saturated rings. The maximum Gasteiger partial charge on any atom is 0.224 e. The number of hydrogen-bond donors (Lipinski definition) is 2. The molecule has 6 nitrogen and oxygen atoms in total. The number of aromatic hydroxyl groups is 1. The molecule has 0 aliphatic heterocycles. The molecule has 9 heteroatoms. The van der Waals surface area contributed by atoms with Gasteiger partial charge < -0.3 is 10.4 Å². The van der Waals surface area contributed by atoms with Gasteiger partial charge in [-0.25, -0.2) is 8.42 Å². The summed E-state index contributed by atoms with van der Waals surface area (Å²) in [4.78, 5) is 24.4. The smallest absolute Gasteiger partial charge is 0.224 e. The summed E-state index contributed by atoms with van der Waals surface area (Å²) in [5.41, 5.74) is -0.00820. The minimum Gasteiger partial charge on any atom is -0.506 e. The largest absolute Gasteiger partial charge is 0.506 e. The number of rotatable bonds is 7. The Hall–Kier alpha value is -1.90. The summed E-state index contributed by atoms with van der Waals surface area (Å²) < 4.78 is 24.2. The molecule has 0 aliphatic rings. The van der Waals surface area contributed by atoms with Crippen LogP contribution < -0.4 is 5.32 Å². The predicted molar refractivity (Wildman–Crippen MR) is 97.4 cm³/mol. The normalized spacial score (nSPS) is 11.3. The number of anilines is 1. The van der Waals surface area contributed by atoms with E-state index in [4.69, 9.17) is 11.6 Å². The fraction of sp³-hybridized carbons (Fsp3) is 0.250. The molecule has 134 valence electrons. The minimum atomic E-state index is -3.46. The first-order chi connectivity index (χ1) is 11.7. The second-order valence-corrected chi connectivity index (χ2v) is 9.15. The van der Waals surface area contributed by atoms with Gasteiger partial charge in [-0.3, -0.25) is 9.59 Å². The number of Topliss-reactive ketones (excluding diaryl/α,β-unsaturated/α-hetero) is 1. The standard InChI is InChI=1S/C16H16ClNO5S2/c1-2-25(22,23)10-3-4-12(19)11(9-10)18-16(21)8-5-13(20)14-6-7-15(17)24-14/h3-4,6-7,9,19H,2,5,8H2,1H3,(H,18,21). The topological polar surface area (TPSA) is 101 Å². The number of hydrogen-bond acceptors (Lipinski definition) is 6. The summed E-state index contributed by atoms with van der Waals surface area (Å²) in [5, 5.41) is 12.2. The van der Waals surface area contributed by atoms with Gasteiger partial charge in [0, 0.05) is 12.8 Å². The number of benzene rings is 1. The van der Waals surface area contributed by atoms with Crippen LogP contribution in [0.2, 0.25) is 4.34 Å². The van der Waals surface area contributed by atoms with Crippen LogP contribution in [0.4, 0.5) is 5.69 Å². The zero-order valence-corrected chi connectivity index (χ0v) is 15.7. The van der Waals surface area contributed by atoms with Crippen molar-refractivity contribution in [3.05, 3.63) is 39.5 Å². The van der Waals surface area contributed by atoms with Crippen molar-refractivity contribution < 1.29 is 23.1 Å². The van der Waals surface area contributed by atoms with Crippen molar-refractivity contribution in [3.63, 3.8) is 0 Å². The molecule has 25 heavy (non-hydrogen) atoms. The molecular weight excluding hydrogens is 386 g/mol. The van der Waals surface area contributed by atoms with E-state index in [1.807, 2.05) is 0 Å². The lowest BCUT2D eigenvalue weighted by Crippen LogP contribution is -2.14. The van der Waals surface area contributed by atoms with E-state index in [0.717, 1.165) is 11.3 Å². The van der Waals surface area contributed by atoms with E-state index in [1.54, 1.807) is 12.1 Å². The number of amides is 1. The van der Waals surface area contributed by atoms with E-state index in [0.29, 0.717) is 9.21 Å². The average molecular weight is 402 g/mol. The van der Waals surface area contributed by atoms with Crippen molar-refractivity contribution in [1.82, 2.24) is 0 Å². The molecular formula is C16H16ClNO5S2. The van der Waals surface area contributed by atoms with Crippen molar-refractivity contribution in [3.8, 4) is 5.75 Å². The van der Waals surface area contributed by atoms with Crippen molar-refractivity contribution >= 4 is 50.2 Å². The number of phenolic OH excluding ortho intramolecular Hbond substituents is 1. The molecule has 2 N–H and O–H groups in total. The zero-order chi connectivity index (χ0) is 18.6. The van der Waals surface area contributed by atoms with Crippen LogP contribution in [-0.4, -0.2) is 31.0 Å². The van der Waals surface area contributed by atoms with Gasteiger partial charge >= 0.3 is 0 Å². The van der Waals surface area contributed by atoms with E-state index in [-0.39, 0.29) is 40.7 Å². The Morgan fingerprint density at radius 1 is 1.20 bits per heavy atom. The predicted octanol–water partition coefficient (Wildman–Crippen LogP) is 3.50. The van der Waals surface area contributed by atoms with Crippen LogP contribution in [0.25, 0.3) is 0 Å². The van der Waals surface area contributed by atoms with Crippen molar-refractivity contribution in [2.45, 2.75) is 24.7 Å². The molecule has 1 heterocycles. The van der Waals surface area contributed by atoms with Crippen LogP contribution >= 0.6 is 22.9 Å². The van der Waals surface area contributed by atoms with Crippen LogP contribution in [0, 0.1) is 0 Å². The molecule has 1 aromatic carbocycles. The van der Waals surface area contributed by atoms with Gasteiger partial charge in [-0.15, -0.1) is 11.3 Å². The molecule has 2 rings (SSSR count). The Bertz CT molecular complexity index is 905. The average Bonchev–Trinajstić information content (AvgIpc) is 3.01. The van der Waals surface area contributed by atoms with Crippen LogP contribution in [-0.2, 0) is 14.6 Å². The summed E-state index contributed by atoms with van der Waals surface area (Å²) in [6, 6.07) is 6.88. The number of nitrogens with one attached hydrogen (secondary N) is 1. The van der Waals surface area contributed by atoms with E-state index in [1.165, 1.54) is 25.1 Å². The Morgan fingerprint density at radius 3 is 2.52 bits per heavy atom. The number of sulfone groups is 1. The summed E-state index contributed by atoms with van der Waals surface area (Å²) in [5.74, 6) is -1.06. The third-order valence-corrected chi connectivity index (χ3v) is 6.41. The molecule has 0 unspecified atom stereocenters. The third kappa shape index (κ3) is 5.04. The number of phenols is 1. The van der Waals surface area contributed by atoms with Crippen LogP contribution in [0.15, 0.2) is 35.2 Å². The van der Waals surface area contributed by atoms with Crippen LogP contribution in [0.1, 0.15) is 29.4 Å². The van der Waals surface area contributed by atoms with Gasteiger partial charge in [-0.05, 0) is 30.3 Å². The summed E-state index contributed by atoms with van der Waals surface area (Å²) in [7, 11) is -3.46. The highest BCUT2D eigenvalue weighted by atomic mass is 35.5. The van der Waals surface area contributed by atoms with E-state index >= 15 is 0 Å². The Balaban J connectivity index is 2.03. The van der Waals surface area contributed by atoms with Crippen molar-refractivity contribution in [1.29, 1.82) is 0 Å².